The lowest BCUT2D eigenvalue weighted by Crippen LogP contribution is -2.11. The van der Waals surface area contributed by atoms with E-state index < -0.39 is 0 Å². The van der Waals surface area contributed by atoms with Crippen molar-refractivity contribution in [3.63, 3.8) is 0 Å². The average Bonchev–Trinajstić information content (AvgIpc) is 2.97. The summed E-state index contributed by atoms with van der Waals surface area (Å²) in [6.07, 6.45) is 6.60. The molecule has 0 saturated carbocycles. The van der Waals surface area contributed by atoms with E-state index in [1.807, 2.05) is 24.3 Å². The standard InChI is InChI=1S/C16H13BrN4O/c17-14-5-3-12(4-6-14)10-21-11-15(9-19-21)20-16(22)13-2-1-7-18-8-13/h1-9,11H,10H2,(H,20,22). The Morgan fingerprint density at radius 3 is 2.73 bits per heavy atom. The molecule has 22 heavy (non-hydrogen) atoms. The Balaban J connectivity index is 1.66. The van der Waals surface area contributed by atoms with Crippen LogP contribution in [0.5, 0.6) is 0 Å². The minimum Gasteiger partial charge on any atom is -0.319 e. The second-order valence-electron chi connectivity index (χ2n) is 4.75. The molecule has 3 aromatic rings. The van der Waals surface area contributed by atoms with E-state index in [1.54, 1.807) is 35.4 Å². The number of halogens is 1. The number of anilines is 1. The van der Waals surface area contributed by atoms with Crippen LogP contribution in [0.2, 0.25) is 0 Å². The molecule has 0 bridgehead atoms. The van der Waals surface area contributed by atoms with Gasteiger partial charge in [0.25, 0.3) is 5.91 Å². The van der Waals surface area contributed by atoms with Crippen LogP contribution in [0.1, 0.15) is 15.9 Å². The van der Waals surface area contributed by atoms with Gasteiger partial charge in [0.1, 0.15) is 0 Å². The molecule has 1 amide bonds. The monoisotopic (exact) mass is 356 g/mol. The summed E-state index contributed by atoms with van der Waals surface area (Å²) in [5, 5.41) is 7.06. The van der Waals surface area contributed by atoms with Crippen molar-refractivity contribution in [1.82, 2.24) is 14.8 Å². The van der Waals surface area contributed by atoms with Gasteiger partial charge in [-0.1, -0.05) is 28.1 Å². The van der Waals surface area contributed by atoms with E-state index >= 15 is 0 Å². The van der Waals surface area contributed by atoms with Gasteiger partial charge >= 0.3 is 0 Å². The van der Waals surface area contributed by atoms with E-state index in [4.69, 9.17) is 0 Å². The van der Waals surface area contributed by atoms with Crippen LogP contribution in [0.25, 0.3) is 0 Å². The van der Waals surface area contributed by atoms with Crippen LogP contribution in [-0.2, 0) is 6.54 Å². The van der Waals surface area contributed by atoms with Crippen molar-refractivity contribution in [2.45, 2.75) is 6.54 Å². The van der Waals surface area contributed by atoms with E-state index in [-0.39, 0.29) is 5.91 Å². The molecule has 110 valence electrons. The van der Waals surface area contributed by atoms with Gasteiger partial charge in [0.2, 0.25) is 0 Å². The third-order valence-corrected chi connectivity index (χ3v) is 3.60. The van der Waals surface area contributed by atoms with Crippen LogP contribution < -0.4 is 5.32 Å². The van der Waals surface area contributed by atoms with Gasteiger partial charge < -0.3 is 5.32 Å². The molecule has 2 heterocycles. The first kappa shape index (κ1) is 14.5. The van der Waals surface area contributed by atoms with Crippen molar-refractivity contribution in [3.8, 4) is 0 Å². The van der Waals surface area contributed by atoms with Gasteiger partial charge in [-0.2, -0.15) is 5.10 Å². The number of carbonyl (C=O) groups is 1. The minimum atomic E-state index is -0.198. The van der Waals surface area contributed by atoms with E-state index in [9.17, 15) is 4.79 Å². The Kier molecular flexibility index (Phi) is 4.29. The summed E-state index contributed by atoms with van der Waals surface area (Å²) in [4.78, 5) is 16.0. The number of benzene rings is 1. The van der Waals surface area contributed by atoms with Crippen molar-refractivity contribution >= 4 is 27.5 Å². The molecule has 0 aliphatic rings. The largest absolute Gasteiger partial charge is 0.319 e. The maximum Gasteiger partial charge on any atom is 0.257 e. The third kappa shape index (κ3) is 3.59. The van der Waals surface area contributed by atoms with Crippen LogP contribution in [0.15, 0.2) is 65.7 Å². The molecular weight excluding hydrogens is 344 g/mol. The molecule has 0 aliphatic carbocycles. The van der Waals surface area contributed by atoms with E-state index in [0.717, 1.165) is 10.0 Å². The van der Waals surface area contributed by atoms with Crippen molar-refractivity contribution in [1.29, 1.82) is 0 Å². The lowest BCUT2D eigenvalue weighted by Gasteiger charge is -2.03. The number of nitrogens with one attached hydrogen (secondary N) is 1. The Morgan fingerprint density at radius 1 is 1.18 bits per heavy atom. The fraction of sp³-hybridized carbons (Fsp3) is 0.0625. The zero-order valence-electron chi connectivity index (χ0n) is 11.6. The fourth-order valence-corrected chi connectivity index (χ4v) is 2.26. The molecular formula is C16H13BrN4O. The zero-order chi connectivity index (χ0) is 15.4. The van der Waals surface area contributed by atoms with E-state index in [1.165, 1.54) is 6.20 Å². The molecule has 0 atom stereocenters. The molecule has 6 heteroatoms. The summed E-state index contributed by atoms with van der Waals surface area (Å²) < 4.78 is 2.82. The zero-order valence-corrected chi connectivity index (χ0v) is 13.2. The number of hydrogen-bond acceptors (Lipinski definition) is 3. The predicted octanol–water partition coefficient (Wildman–Crippen LogP) is 3.34. The molecule has 1 N–H and O–H groups in total. The summed E-state index contributed by atoms with van der Waals surface area (Å²) in [5.74, 6) is -0.198. The van der Waals surface area contributed by atoms with Crippen LogP contribution in [-0.4, -0.2) is 20.7 Å². The Hall–Kier alpha value is -2.47. The molecule has 1 aromatic carbocycles. The van der Waals surface area contributed by atoms with Gasteiger partial charge in [0.05, 0.1) is 24.0 Å². The fourth-order valence-electron chi connectivity index (χ4n) is 1.99. The Bertz CT molecular complexity index is 768. The van der Waals surface area contributed by atoms with Crippen molar-refractivity contribution in [3.05, 3.63) is 76.8 Å². The lowest BCUT2D eigenvalue weighted by atomic mass is 10.2. The summed E-state index contributed by atoms with van der Waals surface area (Å²) >= 11 is 3.41. The number of pyridine rings is 1. The SMILES string of the molecule is O=C(Nc1cnn(Cc2ccc(Br)cc2)c1)c1cccnc1. The number of rotatable bonds is 4. The van der Waals surface area contributed by atoms with Gasteiger partial charge in [-0.25, -0.2) is 0 Å². The highest BCUT2D eigenvalue weighted by atomic mass is 79.9. The van der Waals surface area contributed by atoms with Gasteiger partial charge in [0.15, 0.2) is 0 Å². The van der Waals surface area contributed by atoms with E-state index in [0.29, 0.717) is 17.8 Å². The smallest absolute Gasteiger partial charge is 0.257 e. The summed E-state index contributed by atoms with van der Waals surface area (Å²) in [5.41, 5.74) is 2.31. The molecule has 0 radical (unpaired) electrons. The molecule has 0 spiro atoms. The van der Waals surface area contributed by atoms with Gasteiger partial charge in [-0.15, -0.1) is 0 Å². The average molecular weight is 357 g/mol. The molecule has 0 fully saturated rings. The van der Waals surface area contributed by atoms with Crippen LogP contribution in [0.4, 0.5) is 5.69 Å². The molecule has 2 aromatic heterocycles. The number of aromatic nitrogens is 3. The van der Waals surface area contributed by atoms with Crippen LogP contribution in [0.3, 0.4) is 0 Å². The molecule has 0 unspecified atom stereocenters. The van der Waals surface area contributed by atoms with Gasteiger partial charge in [-0.05, 0) is 29.8 Å². The number of carbonyl (C=O) groups excluding carboxylic acids is 1. The normalized spacial score (nSPS) is 10.4. The van der Waals surface area contributed by atoms with Crippen LogP contribution >= 0.6 is 15.9 Å². The maximum absolute atomic E-state index is 12.0. The summed E-state index contributed by atoms with van der Waals surface area (Å²) in [7, 11) is 0. The molecule has 0 aliphatic heterocycles. The van der Waals surface area contributed by atoms with Crippen LogP contribution in [0, 0.1) is 0 Å². The number of amides is 1. The highest BCUT2D eigenvalue weighted by Crippen LogP contribution is 2.13. The Morgan fingerprint density at radius 2 is 2.00 bits per heavy atom. The van der Waals surface area contributed by atoms with Crippen molar-refractivity contribution in [2.24, 2.45) is 0 Å². The molecule has 0 saturated heterocycles. The van der Waals surface area contributed by atoms with Crippen molar-refractivity contribution < 1.29 is 4.79 Å². The van der Waals surface area contributed by atoms with Gasteiger partial charge in [-0.3, -0.25) is 14.5 Å². The highest BCUT2D eigenvalue weighted by Gasteiger charge is 2.07. The maximum atomic E-state index is 12.0. The lowest BCUT2D eigenvalue weighted by molar-refractivity contribution is 0.102. The first-order valence-electron chi connectivity index (χ1n) is 6.69. The summed E-state index contributed by atoms with van der Waals surface area (Å²) in [6.45, 7) is 0.649. The first-order valence-corrected chi connectivity index (χ1v) is 7.48. The second-order valence-corrected chi connectivity index (χ2v) is 5.66. The minimum absolute atomic E-state index is 0.198. The first-order chi connectivity index (χ1) is 10.7. The number of nitrogens with zero attached hydrogens (tertiary/aromatic N) is 3. The molecule has 3 rings (SSSR count). The topological polar surface area (TPSA) is 59.8 Å². The molecule has 5 nitrogen and oxygen atoms in total. The van der Waals surface area contributed by atoms with Crippen molar-refractivity contribution in [2.75, 3.05) is 5.32 Å². The quantitative estimate of drug-likeness (QED) is 0.779. The predicted molar refractivity (Wildman–Crippen MR) is 87.7 cm³/mol. The van der Waals surface area contributed by atoms with E-state index in [2.05, 4.69) is 31.3 Å². The second kappa shape index (κ2) is 6.53. The highest BCUT2D eigenvalue weighted by molar-refractivity contribution is 9.10. The van der Waals surface area contributed by atoms with Gasteiger partial charge in [0, 0.05) is 23.1 Å². The number of hydrogen-bond donors (Lipinski definition) is 1. The summed E-state index contributed by atoms with van der Waals surface area (Å²) in [6, 6.07) is 11.5. The Labute approximate surface area is 136 Å². The third-order valence-electron chi connectivity index (χ3n) is 3.07.